The maximum absolute atomic E-state index is 14.2. The van der Waals surface area contributed by atoms with Crippen LogP contribution in [0.5, 0.6) is 11.6 Å². The Balaban J connectivity index is 0.000000118. The zero-order chi connectivity index (χ0) is 98.9. The molecule has 5 aromatic rings. The van der Waals surface area contributed by atoms with Crippen LogP contribution in [0.4, 0.5) is 4.39 Å². The Morgan fingerprint density at radius 1 is 0.525 bits per heavy atom. The lowest BCUT2D eigenvalue weighted by Crippen LogP contribution is -2.64. The molecule has 29 atom stereocenters. The fourth-order valence-corrected chi connectivity index (χ4v) is 33.6. The van der Waals surface area contributed by atoms with Gasteiger partial charge in [0.15, 0.2) is 46.9 Å². The van der Waals surface area contributed by atoms with Crippen molar-refractivity contribution in [3.8, 4) is 11.6 Å². The first kappa shape index (κ1) is 99.5. The van der Waals surface area contributed by atoms with E-state index in [1.807, 2.05) is 95.3 Å². The van der Waals surface area contributed by atoms with Crippen LogP contribution in [-0.2, 0) is 65.7 Å². The van der Waals surface area contributed by atoms with Gasteiger partial charge < -0.3 is 69.7 Å². The Hall–Kier alpha value is -8.22. The first-order chi connectivity index (χ1) is 65.7. The van der Waals surface area contributed by atoms with Crippen molar-refractivity contribution >= 4 is 80.6 Å². The molecule has 9 N–H and O–H groups in total. The molecule has 0 radical (unpaired) electrons. The van der Waals surface area contributed by atoms with Crippen LogP contribution < -0.4 is 14.8 Å². The predicted octanol–water partition coefficient (Wildman–Crippen LogP) is 15.9. The lowest BCUT2D eigenvalue weighted by Gasteiger charge is -2.60. The van der Waals surface area contributed by atoms with Crippen LogP contribution in [0.25, 0.3) is 11.0 Å². The number of nitrogens with one attached hydrogen (secondary N) is 2. The number of ketones is 7. The second-order valence-electron chi connectivity index (χ2n) is 46.7. The molecule has 13 fully saturated rings. The standard InChI is InChI=1S/C30H34Cl2O6.C28H35N3O4.C27H35NO5.C26H32FNO5/c1-27(2)37-25-13-20-19-7-5-16-11-18(33)9-10-28(16,3)26(19)22(34)14-29(20,4)30(25,38-27)24(35)15-36-23-8-6-17(31)12-21(23)32;1-26-11-9-17(32)13-16(26)7-8-18-19-10-12-28(35,27(19,2)14-22(33)24(18)26)25(34)29-15-23-30-20-5-3-4-6-21(20)31-23;1-25-10-8-19(29)13-17(25)6-7-20-21-9-11-27(32,26(21,2)14-22(30)24(20)25)23(31)16-33-15-18-5-3-4-12-28-18;1-24-9-7-17(29)11-15(24)3-5-18-19-8-10-26(32,25(19,2)12-20(30)23(18)24)21(31)14-33-22-6-4-16(27)13-28-22/h6,8-12,19-20,22,25-26,34H,5,7,13-15H2,1-4H3;3-6,13,18-19,22,24,33,35H,7-12,14-15H2,1-2H3,(H,29,34)(H,30,31);3-5,12-13,20-22,24,30,32H,6-11,14-16H2,1-2H3;4,6,11,13,18-20,23,30,32H,3,5,7-10,12,14H2,1-2H3/t19?,20?,22-,25+,26?,28?,29?,30+;18?,19?,22-,24?,26?,27?,28-;20?,21?,22-,24?,25?,26?,27-;18?,19?,20-,23?,24?,25?,26-/m0000/s1. The zero-order valence-corrected chi connectivity index (χ0v) is 83.0. The Morgan fingerprint density at radius 3 is 1.55 bits per heavy atom. The number of halogens is 3. The number of nitrogens with zero attached hydrogens (tertiary/aromatic N) is 3. The number of pyridine rings is 2. The Labute approximate surface area is 821 Å². The van der Waals surface area contributed by atoms with Crippen molar-refractivity contribution in [1.82, 2.24) is 25.3 Å². The summed E-state index contributed by atoms with van der Waals surface area (Å²) in [5, 5.41) is 85.2. The first-order valence-electron chi connectivity index (χ1n) is 50.8. The minimum Gasteiger partial charge on any atom is -0.484 e. The van der Waals surface area contributed by atoms with Crippen LogP contribution in [0.15, 0.2) is 144 Å². The fourth-order valence-electron chi connectivity index (χ4n) is 33.1. The van der Waals surface area contributed by atoms with Crippen molar-refractivity contribution in [2.45, 2.75) is 302 Å². The number of H-pyrrole nitrogens is 1. The number of hydrogen-bond acceptors (Lipinski definition) is 23. The molecule has 12 saturated carbocycles. The van der Waals surface area contributed by atoms with Gasteiger partial charge >= 0.3 is 0 Å². The van der Waals surface area contributed by atoms with Crippen LogP contribution in [0.2, 0.25) is 10.0 Å². The lowest BCUT2D eigenvalue weighted by atomic mass is 9.45. The average molecular weight is 1950 g/mol. The molecule has 1 saturated heterocycles. The summed E-state index contributed by atoms with van der Waals surface area (Å²) in [4.78, 5) is 118. The number of aliphatic hydroxyl groups is 7. The third-order valence-electron chi connectivity index (χ3n) is 39.7. The monoisotopic (exact) mass is 1950 g/mol. The van der Waals surface area contributed by atoms with Gasteiger partial charge in [-0.3, -0.25) is 43.3 Å². The Morgan fingerprint density at radius 2 is 1.02 bits per heavy atom. The van der Waals surface area contributed by atoms with Crippen molar-refractivity contribution in [1.29, 1.82) is 0 Å². The Bertz CT molecular complexity index is 5870. The van der Waals surface area contributed by atoms with E-state index in [2.05, 4.69) is 59.9 Å². The van der Waals surface area contributed by atoms with Gasteiger partial charge in [-0.25, -0.2) is 14.4 Å². The molecule has 17 aliphatic rings. The van der Waals surface area contributed by atoms with E-state index in [0.717, 1.165) is 124 Å². The highest BCUT2D eigenvalue weighted by Gasteiger charge is 2.78. The molecular formula is C111H136Cl2FN5O20. The SMILES string of the molecule is CC1(C)O[C@@H]2CC3C4CCC5=CC(=O)C=CC5(C)C4[C@@H](O)CC3(C)[C@]2(C(=O)COc2ccc(Cl)cc2Cl)O1.CC12CCC(=O)C=C1CCC1C2[C@@H](O)CC2(C)C1CC[C@]2(O)C(=O)COCc1ccccn1.CC12CCC(=O)C=C1CCC1C2[C@@H](O)CC2(C)C1CC[C@]2(O)C(=O)COc1ccc(F)cn1.CC12CCC(=O)C=C1CCC1C2[C@@H](O)CC2(C)C1CC[C@]2(O)C(=O)NCc1nc2ccccc2[nH]1. The maximum atomic E-state index is 14.2. The Kier molecular flexibility index (Phi) is 25.9. The smallest absolute Gasteiger partial charge is 0.252 e. The van der Waals surface area contributed by atoms with Crippen LogP contribution in [0.1, 0.15) is 241 Å². The summed E-state index contributed by atoms with van der Waals surface area (Å²) in [5.74, 6) is 0.468. The van der Waals surface area contributed by atoms with Gasteiger partial charge in [0.05, 0.1) is 71.6 Å². The average Bonchev–Trinajstić information content (AvgIpc) is 1.51. The highest BCUT2D eigenvalue weighted by Crippen LogP contribution is 2.74. The number of Topliss-reactive ketones (excluding diaryl/α,β-unsaturated/α-hetero) is 3. The molecule has 3 aromatic heterocycles. The van der Waals surface area contributed by atoms with Crippen LogP contribution in [0, 0.1) is 120 Å². The second kappa shape index (κ2) is 36.2. The summed E-state index contributed by atoms with van der Waals surface area (Å²) >= 11 is 12.3. The van der Waals surface area contributed by atoms with E-state index < -0.39 is 92.0 Å². The molecule has 28 heteroatoms. The minimum atomic E-state index is -1.59. The molecular weight excluding hydrogens is 1810 g/mol. The predicted molar refractivity (Wildman–Crippen MR) is 514 cm³/mol. The summed E-state index contributed by atoms with van der Waals surface area (Å²) in [6, 6.07) is 20.7. The number of allylic oxidation sites excluding steroid dienone is 7. The molecule has 16 aliphatic carbocycles. The molecule has 0 spiro atoms. The molecule has 22 rings (SSSR count). The number of fused-ring (bicyclic) bond motifs is 23. The number of aromatic nitrogens is 4. The number of hydrogen-bond donors (Lipinski definition) is 9. The van der Waals surface area contributed by atoms with Crippen LogP contribution in [0.3, 0.4) is 0 Å². The number of imidazole rings is 1. The summed E-state index contributed by atoms with van der Waals surface area (Å²) in [5.41, 5.74) is -2.50. The number of amides is 1. The molecule has 1 amide bonds. The maximum Gasteiger partial charge on any atom is 0.252 e. The van der Waals surface area contributed by atoms with Gasteiger partial charge in [0.1, 0.15) is 47.4 Å². The van der Waals surface area contributed by atoms with Gasteiger partial charge in [-0.05, 0) is 315 Å². The van der Waals surface area contributed by atoms with E-state index in [9.17, 15) is 78.5 Å². The summed E-state index contributed by atoms with van der Waals surface area (Å²) < 4.78 is 43.1. The number of benzene rings is 2. The molecule has 139 heavy (non-hydrogen) atoms. The van der Waals surface area contributed by atoms with Crippen molar-refractivity contribution in [3.63, 3.8) is 0 Å². The highest BCUT2D eigenvalue weighted by atomic mass is 35.5. The molecule has 0 bridgehead atoms. The number of aliphatic hydroxyl groups excluding tert-OH is 4. The van der Waals surface area contributed by atoms with E-state index in [1.54, 1.807) is 42.6 Å². The number of ether oxygens (including phenoxy) is 5. The molecule has 25 nitrogen and oxygen atoms in total. The minimum absolute atomic E-state index is 0.0100. The number of para-hydroxylation sites is 2. The highest BCUT2D eigenvalue weighted by molar-refractivity contribution is 6.35. The van der Waals surface area contributed by atoms with Crippen molar-refractivity contribution < 1.29 is 102 Å². The van der Waals surface area contributed by atoms with E-state index in [-0.39, 0.29) is 172 Å². The third-order valence-corrected chi connectivity index (χ3v) is 40.2. The van der Waals surface area contributed by atoms with E-state index in [0.29, 0.717) is 92.2 Å². The van der Waals surface area contributed by atoms with Gasteiger partial charge in [0.2, 0.25) is 17.4 Å². The van der Waals surface area contributed by atoms with Crippen molar-refractivity contribution in [2.75, 3.05) is 19.8 Å². The zero-order valence-electron chi connectivity index (χ0n) is 81.5. The molecule has 746 valence electrons. The summed E-state index contributed by atoms with van der Waals surface area (Å²) in [6.07, 6.45) is 26.9. The number of aromatic amines is 1. The lowest BCUT2D eigenvalue weighted by molar-refractivity contribution is -0.225. The van der Waals surface area contributed by atoms with Gasteiger partial charge in [-0.15, -0.1) is 0 Å². The topological polar surface area (TPSA) is 391 Å². The van der Waals surface area contributed by atoms with E-state index in [1.165, 1.54) is 23.3 Å². The van der Waals surface area contributed by atoms with Gasteiger partial charge in [-0.2, -0.15) is 0 Å². The number of carbonyl (C=O) groups excluding carboxylic acids is 8. The fraction of sp³-hybridized carbons (Fsp3) is 0.631. The van der Waals surface area contributed by atoms with Crippen molar-refractivity contribution in [2.24, 2.45) is 114 Å². The molecule has 1 aliphatic heterocycles. The second-order valence-corrected chi connectivity index (χ2v) is 47.5. The molecule has 2 aromatic carbocycles. The van der Waals surface area contributed by atoms with E-state index >= 15 is 0 Å². The largest absolute Gasteiger partial charge is 0.484 e. The third kappa shape index (κ3) is 16.2. The summed E-state index contributed by atoms with van der Waals surface area (Å²) in [7, 11) is 0. The van der Waals surface area contributed by atoms with Gasteiger partial charge in [-0.1, -0.05) is 125 Å². The van der Waals surface area contributed by atoms with Crippen LogP contribution >= 0.6 is 23.2 Å². The number of carbonyl (C=O) groups is 8. The van der Waals surface area contributed by atoms with E-state index in [4.69, 9.17) is 46.9 Å². The first-order valence-corrected chi connectivity index (χ1v) is 51.5. The quantitative estimate of drug-likeness (QED) is 0.0443. The van der Waals surface area contributed by atoms with Gasteiger partial charge in [0, 0.05) is 69.5 Å². The van der Waals surface area contributed by atoms with Crippen molar-refractivity contribution in [3.05, 3.63) is 171 Å². The molecule has 20 unspecified atom stereocenters. The number of rotatable bonds is 16. The molecule has 4 heterocycles. The van der Waals surface area contributed by atoms with Gasteiger partial charge in [0.25, 0.3) is 5.91 Å². The normalized spacial score (nSPS) is 41.9. The summed E-state index contributed by atoms with van der Waals surface area (Å²) in [6.45, 7) is 20.1. The van der Waals surface area contributed by atoms with Crippen LogP contribution in [-0.4, -0.2) is 181 Å².